The first kappa shape index (κ1) is 26.6. The summed E-state index contributed by atoms with van der Waals surface area (Å²) in [7, 11) is -1.06. The Kier molecular flexibility index (Phi) is 8.81. The van der Waals surface area contributed by atoms with E-state index in [0.717, 1.165) is 25.7 Å². The Morgan fingerprint density at radius 3 is 2.22 bits per heavy atom. The Balaban J connectivity index is 1.67. The van der Waals surface area contributed by atoms with Crippen LogP contribution in [-0.2, 0) is 19.2 Å². The molecule has 37 heavy (non-hydrogen) atoms. The molecule has 0 bridgehead atoms. The molecule has 3 nitrogen and oxygen atoms in total. The minimum Gasteiger partial charge on any atom is -0.387 e. The number of fused-ring (bicyclic) bond motifs is 1. The molecular formula is C33H44O3Si. The standard InChI is InChI=1S/C33H44O3Si/c1-3-4-7-19-30-24-23-27(26-34-2)32-22-14-25-33(28-15-8-5-9-16-28,29-17-10-6-11-18-29)36-37(32,35-30)31-20-12-13-21-31/h5-6,8-11,15-18,22-23,30-31H,3-4,7,12-14,19-21,24-26H2,1-2H3. The SMILES string of the molecule is CCCCCC1CC=C(COC)C2=CCCC(c3ccccc3)(c3ccccc3)O[Si]2(C2CCCC2)O1. The average molecular weight is 517 g/mol. The van der Waals surface area contributed by atoms with Crippen LogP contribution in [-0.4, -0.2) is 28.4 Å². The zero-order valence-corrected chi connectivity index (χ0v) is 23.8. The van der Waals surface area contributed by atoms with Crippen LogP contribution in [0.15, 0.2) is 83.6 Å². The quantitative estimate of drug-likeness (QED) is 0.247. The highest BCUT2D eigenvalue weighted by atomic mass is 28.4. The molecule has 0 amide bonds. The van der Waals surface area contributed by atoms with Gasteiger partial charge in [0, 0.05) is 12.7 Å². The summed E-state index contributed by atoms with van der Waals surface area (Å²) in [6, 6.07) is 21.9. The first-order valence-electron chi connectivity index (χ1n) is 14.6. The van der Waals surface area contributed by atoms with Gasteiger partial charge in [0.1, 0.15) is 5.60 Å². The van der Waals surface area contributed by atoms with E-state index in [2.05, 4.69) is 79.7 Å². The maximum absolute atomic E-state index is 7.89. The van der Waals surface area contributed by atoms with E-state index in [4.69, 9.17) is 13.6 Å². The number of hydrogen-bond acceptors (Lipinski definition) is 3. The van der Waals surface area contributed by atoms with Gasteiger partial charge in [0.15, 0.2) is 0 Å². The van der Waals surface area contributed by atoms with Gasteiger partial charge in [-0.25, -0.2) is 0 Å². The third kappa shape index (κ3) is 5.45. The van der Waals surface area contributed by atoms with Crippen LogP contribution in [0.1, 0.15) is 88.7 Å². The van der Waals surface area contributed by atoms with Crippen LogP contribution < -0.4 is 0 Å². The van der Waals surface area contributed by atoms with Crippen LogP contribution in [0.2, 0.25) is 5.54 Å². The second-order valence-corrected chi connectivity index (χ2v) is 14.2. The highest BCUT2D eigenvalue weighted by Crippen LogP contribution is 2.54. The maximum atomic E-state index is 7.89. The number of unbranched alkanes of at least 4 members (excludes halogenated alkanes) is 2. The third-order valence-electron chi connectivity index (χ3n) is 8.66. The van der Waals surface area contributed by atoms with Crippen LogP contribution in [0.5, 0.6) is 0 Å². The molecule has 4 heteroatoms. The zero-order valence-electron chi connectivity index (χ0n) is 22.8. The largest absolute Gasteiger partial charge is 0.387 e. The molecular weight excluding hydrogens is 472 g/mol. The molecule has 5 rings (SSSR count). The maximum Gasteiger partial charge on any atom is 0.376 e. The molecule has 0 radical (unpaired) electrons. The highest BCUT2D eigenvalue weighted by Gasteiger charge is 2.58. The van der Waals surface area contributed by atoms with Crippen molar-refractivity contribution in [2.75, 3.05) is 13.7 Å². The number of methoxy groups -OCH3 is 1. The molecule has 2 unspecified atom stereocenters. The molecule has 2 aromatic rings. The first-order valence-corrected chi connectivity index (χ1v) is 16.5. The molecule has 3 aliphatic rings. The van der Waals surface area contributed by atoms with Crippen molar-refractivity contribution in [1.82, 2.24) is 0 Å². The van der Waals surface area contributed by atoms with E-state index < -0.39 is 14.2 Å². The van der Waals surface area contributed by atoms with E-state index in [1.807, 2.05) is 7.11 Å². The van der Waals surface area contributed by atoms with Gasteiger partial charge in [-0.3, -0.25) is 0 Å². The van der Waals surface area contributed by atoms with E-state index in [9.17, 15) is 0 Å². The van der Waals surface area contributed by atoms with E-state index in [-0.39, 0.29) is 6.10 Å². The minimum atomic E-state index is -2.88. The third-order valence-corrected chi connectivity index (χ3v) is 12.9. The second-order valence-electron chi connectivity index (χ2n) is 11.1. The van der Waals surface area contributed by atoms with Crippen molar-refractivity contribution in [2.45, 2.75) is 94.8 Å². The van der Waals surface area contributed by atoms with Gasteiger partial charge in [0.05, 0.1) is 12.7 Å². The van der Waals surface area contributed by atoms with Crippen molar-refractivity contribution in [1.29, 1.82) is 0 Å². The van der Waals surface area contributed by atoms with Crippen LogP contribution in [0.4, 0.5) is 0 Å². The molecule has 0 aromatic heterocycles. The lowest BCUT2D eigenvalue weighted by Crippen LogP contribution is -2.55. The van der Waals surface area contributed by atoms with Gasteiger partial charge in [-0.05, 0) is 60.4 Å². The highest BCUT2D eigenvalue weighted by molar-refractivity contribution is 6.77. The van der Waals surface area contributed by atoms with E-state index in [1.54, 1.807) is 0 Å². The molecule has 1 saturated carbocycles. The van der Waals surface area contributed by atoms with E-state index in [1.165, 1.54) is 66.8 Å². The Hall–Kier alpha value is -1.98. The first-order chi connectivity index (χ1) is 18.2. The van der Waals surface area contributed by atoms with Gasteiger partial charge < -0.3 is 13.6 Å². The van der Waals surface area contributed by atoms with Gasteiger partial charge in [-0.15, -0.1) is 0 Å². The van der Waals surface area contributed by atoms with E-state index >= 15 is 0 Å². The van der Waals surface area contributed by atoms with Crippen molar-refractivity contribution in [3.8, 4) is 0 Å². The van der Waals surface area contributed by atoms with Crippen molar-refractivity contribution in [2.24, 2.45) is 0 Å². The van der Waals surface area contributed by atoms with Crippen molar-refractivity contribution in [3.05, 3.63) is 94.7 Å². The van der Waals surface area contributed by atoms with Gasteiger partial charge in [0.25, 0.3) is 0 Å². The molecule has 2 aromatic carbocycles. The Labute approximate surface area is 225 Å². The second kappa shape index (κ2) is 12.3. The zero-order chi connectivity index (χ0) is 25.6. The fraction of sp³-hybridized carbons (Fsp3) is 0.515. The normalized spacial score (nSPS) is 26.1. The average Bonchev–Trinajstić information content (AvgIpc) is 3.38. The van der Waals surface area contributed by atoms with Gasteiger partial charge in [-0.2, -0.15) is 0 Å². The van der Waals surface area contributed by atoms with Crippen LogP contribution in [0.25, 0.3) is 0 Å². The molecule has 0 spiro atoms. The Morgan fingerprint density at radius 2 is 1.59 bits per heavy atom. The molecule has 1 fully saturated rings. The predicted octanol–water partition coefficient (Wildman–Crippen LogP) is 8.53. The Bertz CT molecular complexity index is 1020. The number of benzene rings is 2. The number of hydrogen-bond donors (Lipinski definition) is 0. The van der Waals surface area contributed by atoms with Gasteiger partial charge >= 0.3 is 8.56 Å². The Morgan fingerprint density at radius 1 is 0.919 bits per heavy atom. The van der Waals surface area contributed by atoms with Gasteiger partial charge in [-0.1, -0.05) is 112 Å². The molecule has 2 atom stereocenters. The fourth-order valence-corrected chi connectivity index (χ4v) is 11.7. The lowest BCUT2D eigenvalue weighted by Gasteiger charge is -2.46. The topological polar surface area (TPSA) is 27.7 Å². The lowest BCUT2D eigenvalue weighted by atomic mass is 9.82. The van der Waals surface area contributed by atoms with Gasteiger partial charge in [0.2, 0.25) is 0 Å². The summed E-state index contributed by atoms with van der Waals surface area (Å²) in [5.41, 5.74) is 3.75. The van der Waals surface area contributed by atoms with Crippen LogP contribution in [0.3, 0.4) is 0 Å². The number of allylic oxidation sites excluding steroid dienone is 1. The summed E-state index contributed by atoms with van der Waals surface area (Å²) in [5.74, 6) is 0. The summed E-state index contributed by atoms with van der Waals surface area (Å²) in [6.07, 6.45) is 17.7. The van der Waals surface area contributed by atoms with Crippen LogP contribution in [0, 0.1) is 0 Å². The molecule has 2 heterocycles. The summed E-state index contributed by atoms with van der Waals surface area (Å²) < 4.78 is 21.2. The van der Waals surface area contributed by atoms with Crippen molar-refractivity contribution < 1.29 is 13.6 Å². The van der Waals surface area contributed by atoms with Crippen LogP contribution >= 0.6 is 0 Å². The molecule has 2 aliphatic heterocycles. The molecule has 1 aliphatic carbocycles. The monoisotopic (exact) mass is 516 g/mol. The van der Waals surface area contributed by atoms with Crippen molar-refractivity contribution >= 4 is 8.56 Å². The molecule has 0 saturated heterocycles. The molecule has 198 valence electrons. The summed E-state index contributed by atoms with van der Waals surface area (Å²) in [4.78, 5) is 0. The van der Waals surface area contributed by atoms with E-state index in [0.29, 0.717) is 12.1 Å². The summed E-state index contributed by atoms with van der Waals surface area (Å²) in [6.45, 7) is 2.91. The number of ether oxygens (including phenoxy) is 1. The summed E-state index contributed by atoms with van der Waals surface area (Å²) in [5, 5.41) is 1.37. The van der Waals surface area contributed by atoms with Crippen molar-refractivity contribution in [3.63, 3.8) is 0 Å². The lowest BCUT2D eigenvalue weighted by molar-refractivity contribution is 0.0244. The predicted molar refractivity (Wildman–Crippen MR) is 154 cm³/mol. The fourth-order valence-electron chi connectivity index (χ4n) is 6.83. The number of rotatable bonds is 9. The molecule has 0 N–H and O–H groups in total. The smallest absolute Gasteiger partial charge is 0.376 e. The minimum absolute atomic E-state index is 0.207. The summed E-state index contributed by atoms with van der Waals surface area (Å²) >= 11 is 0.